The number of imidazole rings is 1. The fourth-order valence-electron chi connectivity index (χ4n) is 4.18. The number of carbonyl (C=O) groups is 1. The number of esters is 1. The molecule has 142 valence electrons. The highest BCUT2D eigenvalue weighted by Crippen LogP contribution is 2.35. The van der Waals surface area contributed by atoms with Crippen molar-refractivity contribution in [2.24, 2.45) is 17.8 Å². The smallest absolute Gasteiger partial charge is 0.326 e. The molecule has 0 bridgehead atoms. The molecule has 1 aliphatic carbocycles. The standard InChI is InChI=1S/C21H29BrN2O2/c1-5-20-23-17-9-7-15(22)11-18(17)24(20)12-21(25)26-19-10-14(4)6-8-16(19)13(2)3/h7,9,11,13-14,16,19H,5-6,8,10,12H2,1-4H3/t14-,16?,19-/m1/s1. The Bertz CT molecular complexity index is 784. The van der Waals surface area contributed by atoms with Crippen LogP contribution in [0.2, 0.25) is 0 Å². The van der Waals surface area contributed by atoms with Crippen molar-refractivity contribution in [3.8, 4) is 0 Å². The first-order valence-corrected chi connectivity index (χ1v) is 10.5. The third kappa shape index (κ3) is 4.13. The molecule has 0 amide bonds. The van der Waals surface area contributed by atoms with Crippen LogP contribution in [0.25, 0.3) is 11.0 Å². The topological polar surface area (TPSA) is 44.1 Å². The third-order valence-corrected chi connectivity index (χ3v) is 6.13. The van der Waals surface area contributed by atoms with E-state index in [2.05, 4.69) is 48.6 Å². The van der Waals surface area contributed by atoms with Crippen molar-refractivity contribution in [2.45, 2.75) is 66.0 Å². The van der Waals surface area contributed by atoms with Gasteiger partial charge in [0.05, 0.1) is 11.0 Å². The fourth-order valence-corrected chi connectivity index (χ4v) is 4.53. The number of rotatable bonds is 5. The second-order valence-corrected chi connectivity index (χ2v) is 8.87. The molecular formula is C21H29BrN2O2. The van der Waals surface area contributed by atoms with Gasteiger partial charge in [-0.1, -0.05) is 50.0 Å². The lowest BCUT2D eigenvalue weighted by Crippen LogP contribution is -2.36. The Morgan fingerprint density at radius 2 is 2.15 bits per heavy atom. The highest BCUT2D eigenvalue weighted by molar-refractivity contribution is 9.10. The van der Waals surface area contributed by atoms with Gasteiger partial charge in [-0.05, 0) is 48.8 Å². The minimum Gasteiger partial charge on any atom is -0.461 e. The Kier molecular flexibility index (Phi) is 6.06. The zero-order valence-corrected chi connectivity index (χ0v) is 17.8. The van der Waals surface area contributed by atoms with E-state index in [9.17, 15) is 4.79 Å². The summed E-state index contributed by atoms with van der Waals surface area (Å²) >= 11 is 3.52. The molecule has 0 radical (unpaired) electrons. The van der Waals surface area contributed by atoms with Crippen molar-refractivity contribution in [1.82, 2.24) is 9.55 Å². The van der Waals surface area contributed by atoms with Crippen LogP contribution < -0.4 is 0 Å². The summed E-state index contributed by atoms with van der Waals surface area (Å²) in [5, 5.41) is 0. The number of benzene rings is 1. The van der Waals surface area contributed by atoms with Gasteiger partial charge in [-0.2, -0.15) is 0 Å². The maximum atomic E-state index is 12.8. The number of nitrogens with zero attached hydrogens (tertiary/aromatic N) is 2. The molecule has 1 heterocycles. The summed E-state index contributed by atoms with van der Waals surface area (Å²) in [6.07, 6.45) is 4.19. The van der Waals surface area contributed by atoms with Crippen LogP contribution in [-0.4, -0.2) is 21.6 Å². The van der Waals surface area contributed by atoms with Gasteiger partial charge in [0.25, 0.3) is 0 Å². The maximum Gasteiger partial charge on any atom is 0.326 e. The van der Waals surface area contributed by atoms with Gasteiger partial charge in [0.2, 0.25) is 0 Å². The summed E-state index contributed by atoms with van der Waals surface area (Å²) in [5.74, 6) is 2.40. The minimum absolute atomic E-state index is 0.0397. The molecular weight excluding hydrogens is 392 g/mol. The molecule has 1 aliphatic rings. The summed E-state index contributed by atoms with van der Waals surface area (Å²) < 4.78 is 8.98. The van der Waals surface area contributed by atoms with Crippen LogP contribution in [0.4, 0.5) is 0 Å². The molecule has 2 aromatic rings. The van der Waals surface area contributed by atoms with Crippen LogP contribution >= 0.6 is 15.9 Å². The Morgan fingerprint density at radius 3 is 2.85 bits per heavy atom. The van der Waals surface area contributed by atoms with E-state index < -0.39 is 0 Å². The lowest BCUT2D eigenvalue weighted by molar-refractivity contribution is -0.156. The van der Waals surface area contributed by atoms with Gasteiger partial charge < -0.3 is 9.30 Å². The van der Waals surface area contributed by atoms with Crippen molar-refractivity contribution in [3.05, 3.63) is 28.5 Å². The average Bonchev–Trinajstić information content (AvgIpc) is 2.91. The molecule has 4 nitrogen and oxygen atoms in total. The second-order valence-electron chi connectivity index (χ2n) is 7.96. The third-order valence-electron chi connectivity index (χ3n) is 5.64. The van der Waals surface area contributed by atoms with Crippen molar-refractivity contribution < 1.29 is 9.53 Å². The monoisotopic (exact) mass is 420 g/mol. The van der Waals surface area contributed by atoms with Gasteiger partial charge in [-0.15, -0.1) is 0 Å². The van der Waals surface area contributed by atoms with Gasteiger partial charge in [0, 0.05) is 10.9 Å². The Labute approximate surface area is 164 Å². The first-order chi connectivity index (χ1) is 12.4. The molecule has 1 fully saturated rings. The molecule has 0 N–H and O–H groups in total. The molecule has 5 heteroatoms. The van der Waals surface area contributed by atoms with E-state index in [1.165, 1.54) is 6.42 Å². The van der Waals surface area contributed by atoms with Crippen molar-refractivity contribution >= 4 is 32.9 Å². The van der Waals surface area contributed by atoms with Gasteiger partial charge in [0.15, 0.2) is 0 Å². The molecule has 0 spiro atoms. The number of aromatic nitrogens is 2. The Morgan fingerprint density at radius 1 is 1.38 bits per heavy atom. The minimum atomic E-state index is -0.149. The molecule has 3 rings (SSSR count). The van der Waals surface area contributed by atoms with Crippen molar-refractivity contribution in [2.75, 3.05) is 0 Å². The zero-order valence-electron chi connectivity index (χ0n) is 16.2. The van der Waals surface area contributed by atoms with E-state index in [1.807, 2.05) is 22.8 Å². The molecule has 1 aromatic heterocycles. The van der Waals surface area contributed by atoms with E-state index in [1.54, 1.807) is 0 Å². The van der Waals surface area contributed by atoms with Crippen LogP contribution in [0, 0.1) is 17.8 Å². The molecule has 26 heavy (non-hydrogen) atoms. The van der Waals surface area contributed by atoms with Crippen LogP contribution in [0.15, 0.2) is 22.7 Å². The average molecular weight is 421 g/mol. The maximum absolute atomic E-state index is 12.8. The van der Waals surface area contributed by atoms with Gasteiger partial charge in [-0.25, -0.2) is 4.98 Å². The number of halogens is 1. The lowest BCUT2D eigenvalue weighted by Gasteiger charge is -2.36. The highest BCUT2D eigenvalue weighted by atomic mass is 79.9. The van der Waals surface area contributed by atoms with Crippen LogP contribution in [0.5, 0.6) is 0 Å². The van der Waals surface area contributed by atoms with Gasteiger partial charge >= 0.3 is 5.97 Å². The number of fused-ring (bicyclic) bond motifs is 1. The summed E-state index contributed by atoms with van der Waals surface area (Å²) in [7, 11) is 0. The number of hydrogen-bond acceptors (Lipinski definition) is 3. The molecule has 1 saturated carbocycles. The fraction of sp³-hybridized carbons (Fsp3) is 0.619. The summed E-state index contributed by atoms with van der Waals surface area (Å²) in [6.45, 7) is 9.02. The van der Waals surface area contributed by atoms with E-state index in [4.69, 9.17) is 4.74 Å². The SMILES string of the molecule is CCc1nc2ccc(Br)cc2n1CC(=O)O[C@@H]1C[C@H](C)CCC1C(C)C. The summed E-state index contributed by atoms with van der Waals surface area (Å²) in [4.78, 5) is 17.4. The van der Waals surface area contributed by atoms with Crippen LogP contribution in [-0.2, 0) is 22.5 Å². The van der Waals surface area contributed by atoms with E-state index in [-0.39, 0.29) is 18.6 Å². The molecule has 0 aliphatic heterocycles. The predicted molar refractivity (Wildman–Crippen MR) is 108 cm³/mol. The van der Waals surface area contributed by atoms with Crippen LogP contribution in [0.3, 0.4) is 0 Å². The lowest BCUT2D eigenvalue weighted by atomic mass is 9.75. The molecule has 0 saturated heterocycles. The molecule has 3 atom stereocenters. The number of hydrogen-bond donors (Lipinski definition) is 0. The van der Waals surface area contributed by atoms with Crippen molar-refractivity contribution in [3.63, 3.8) is 0 Å². The van der Waals surface area contributed by atoms with E-state index in [0.29, 0.717) is 17.8 Å². The van der Waals surface area contributed by atoms with E-state index >= 15 is 0 Å². The summed E-state index contributed by atoms with van der Waals surface area (Å²) in [6, 6.07) is 5.99. The number of aryl methyl sites for hydroxylation is 1. The predicted octanol–water partition coefficient (Wildman–Crippen LogP) is 5.37. The Hall–Kier alpha value is -1.36. The summed E-state index contributed by atoms with van der Waals surface area (Å²) in [5.41, 5.74) is 1.90. The highest BCUT2D eigenvalue weighted by Gasteiger charge is 2.33. The number of ether oxygens (including phenoxy) is 1. The molecule has 1 aromatic carbocycles. The van der Waals surface area contributed by atoms with Gasteiger partial charge in [-0.3, -0.25) is 4.79 Å². The number of carbonyl (C=O) groups excluding carboxylic acids is 1. The largest absolute Gasteiger partial charge is 0.461 e. The van der Waals surface area contributed by atoms with E-state index in [0.717, 1.165) is 40.6 Å². The van der Waals surface area contributed by atoms with Crippen molar-refractivity contribution in [1.29, 1.82) is 0 Å². The first-order valence-electron chi connectivity index (χ1n) is 9.73. The normalized spacial score (nSPS) is 23.5. The van der Waals surface area contributed by atoms with Crippen LogP contribution in [0.1, 0.15) is 52.8 Å². The van der Waals surface area contributed by atoms with Gasteiger partial charge in [0.1, 0.15) is 18.5 Å². The zero-order chi connectivity index (χ0) is 18.8. The quantitative estimate of drug-likeness (QED) is 0.610. The second kappa shape index (κ2) is 8.12. The Balaban J connectivity index is 1.79. The molecule has 1 unspecified atom stereocenters. The first kappa shape index (κ1) is 19.4.